The Balaban J connectivity index is 0.702. The van der Waals surface area contributed by atoms with Crippen LogP contribution in [0.1, 0.15) is 93.6 Å². The highest BCUT2D eigenvalue weighted by Gasteiger charge is 2.46. The van der Waals surface area contributed by atoms with Crippen molar-refractivity contribution < 1.29 is 28.7 Å². The summed E-state index contributed by atoms with van der Waals surface area (Å²) in [5.41, 5.74) is 4.15. The van der Waals surface area contributed by atoms with Crippen molar-refractivity contribution in [3.05, 3.63) is 75.2 Å². The molecule has 4 saturated heterocycles. The summed E-state index contributed by atoms with van der Waals surface area (Å²) in [6.07, 6.45) is 10.1. The van der Waals surface area contributed by atoms with Gasteiger partial charge in [-0.05, 0) is 120 Å². The van der Waals surface area contributed by atoms with E-state index in [9.17, 15) is 24.0 Å². The van der Waals surface area contributed by atoms with E-state index in [0.717, 1.165) is 99.2 Å². The van der Waals surface area contributed by atoms with Crippen LogP contribution in [-0.2, 0) is 25.7 Å². The number of fused-ring (bicyclic) bond motifs is 2. The van der Waals surface area contributed by atoms with Crippen molar-refractivity contribution in [3.63, 3.8) is 0 Å². The molecule has 10 rings (SSSR count). The summed E-state index contributed by atoms with van der Waals surface area (Å²) in [5.74, 6) is 0.0509. The number of rotatable bonds is 12. The average Bonchev–Trinajstić information content (AvgIpc) is 3.86. The van der Waals surface area contributed by atoms with E-state index in [1.165, 1.54) is 19.9 Å². The van der Waals surface area contributed by atoms with Gasteiger partial charge in [-0.25, -0.2) is 4.98 Å². The van der Waals surface area contributed by atoms with Crippen LogP contribution in [-0.4, -0.2) is 125 Å². The van der Waals surface area contributed by atoms with E-state index in [2.05, 4.69) is 47.8 Å². The zero-order valence-corrected chi connectivity index (χ0v) is 39.1. The zero-order chi connectivity index (χ0) is 46.6. The number of piperidine rings is 3. The number of nitrogens with zero attached hydrogens (tertiary/aromatic N) is 7. The summed E-state index contributed by atoms with van der Waals surface area (Å²) in [5, 5.41) is 9.40. The number of likely N-dealkylation sites (N-methyl/N-ethyl adjacent to an activating group) is 1. The van der Waals surface area contributed by atoms with Gasteiger partial charge < -0.3 is 39.4 Å². The SMILES string of the molecule is CNC(=O)COc1cc2cc(Nc3nc(N4CCC(O[C@H]5C[C@H](N6CCCC7(CCN(c8ccc9c(c8)CN(C8CCC(=O)NC8=O)C9=O)C7)C6)C5)CC4)ncc3Cl)ccc2n(C(C)C)c1=O. The number of likely N-dealkylation sites (tertiary alicyclic amines) is 1. The number of carbonyl (C=O) groups is 4. The summed E-state index contributed by atoms with van der Waals surface area (Å²) in [6, 6.07) is 13.2. The minimum absolute atomic E-state index is 0.0976. The lowest BCUT2D eigenvalue weighted by atomic mass is 9.76. The van der Waals surface area contributed by atoms with Crippen LogP contribution in [0, 0.1) is 5.41 Å². The van der Waals surface area contributed by atoms with E-state index >= 15 is 0 Å². The molecule has 5 fully saturated rings. The standard InChI is InChI=1S/C49H59ClN10O7/c1-29(2)60-39-8-5-32(19-30(39)21-41(47(60)65)66-26-43(62)51-3)53-44-38(50)24-52-48(55-44)56-16-11-35(12-17-56)67-36-22-34(23-36)57-15-4-13-49(27-57)14-18-58(28-49)33-6-7-37-31(20-33)25-59(46(37)64)40-9-10-42(61)54-45(40)63/h5-8,19-21,24,29,34-36,40H,4,9-18,22-23,25-28H2,1-3H3,(H,51,62)(H,52,53,55)(H,54,61,63)/t34-,36-,40?,49?. The molecule has 2 aromatic heterocycles. The number of amides is 4. The first kappa shape index (κ1) is 45.0. The molecule has 2 aromatic carbocycles. The number of ether oxygens (including phenoxy) is 2. The van der Waals surface area contributed by atoms with Crippen molar-refractivity contribution in [1.82, 2.24) is 35.0 Å². The van der Waals surface area contributed by atoms with Crippen molar-refractivity contribution >= 4 is 69.3 Å². The van der Waals surface area contributed by atoms with Crippen LogP contribution in [0.4, 0.5) is 23.1 Å². The van der Waals surface area contributed by atoms with Gasteiger partial charge in [0.1, 0.15) is 11.1 Å². The first-order valence-corrected chi connectivity index (χ1v) is 24.2. The van der Waals surface area contributed by atoms with Crippen molar-refractivity contribution in [3.8, 4) is 5.75 Å². The van der Waals surface area contributed by atoms with Crippen molar-refractivity contribution in [2.45, 2.75) is 109 Å². The molecule has 0 bridgehead atoms. The second-order valence-corrected chi connectivity index (χ2v) is 20.0. The lowest BCUT2D eigenvalue weighted by Gasteiger charge is -2.50. The molecule has 6 aliphatic rings. The summed E-state index contributed by atoms with van der Waals surface area (Å²) in [6.45, 7) is 9.74. The molecule has 5 aliphatic heterocycles. The highest BCUT2D eigenvalue weighted by molar-refractivity contribution is 6.33. The van der Waals surface area contributed by atoms with Crippen LogP contribution in [0.25, 0.3) is 10.9 Å². The molecule has 4 amide bonds. The highest BCUT2D eigenvalue weighted by Crippen LogP contribution is 2.44. The van der Waals surface area contributed by atoms with E-state index in [1.54, 1.807) is 21.7 Å². The molecule has 3 N–H and O–H groups in total. The van der Waals surface area contributed by atoms with E-state index < -0.39 is 6.04 Å². The van der Waals surface area contributed by atoms with Crippen LogP contribution in [0.3, 0.4) is 0 Å². The first-order valence-electron chi connectivity index (χ1n) is 23.8. The lowest BCUT2D eigenvalue weighted by molar-refractivity contribution is -0.137. The first-order chi connectivity index (χ1) is 32.3. The molecule has 67 heavy (non-hydrogen) atoms. The molecule has 0 radical (unpaired) electrons. The monoisotopic (exact) mass is 934 g/mol. The minimum Gasteiger partial charge on any atom is -0.478 e. The number of hydrogen-bond donors (Lipinski definition) is 3. The van der Waals surface area contributed by atoms with Crippen LogP contribution < -0.4 is 36.0 Å². The predicted molar refractivity (Wildman–Crippen MR) is 254 cm³/mol. The molecule has 354 valence electrons. The second-order valence-electron chi connectivity index (χ2n) is 19.6. The van der Waals surface area contributed by atoms with Gasteiger partial charge in [-0.15, -0.1) is 0 Å². The fraction of sp³-hybridized carbons (Fsp3) is 0.531. The summed E-state index contributed by atoms with van der Waals surface area (Å²) >= 11 is 6.63. The number of halogens is 1. The van der Waals surface area contributed by atoms with Crippen LogP contribution in [0.15, 0.2) is 53.5 Å². The third-order valence-corrected chi connectivity index (χ3v) is 15.1. The molecular weight excluding hydrogens is 876 g/mol. The highest BCUT2D eigenvalue weighted by atomic mass is 35.5. The molecule has 1 saturated carbocycles. The van der Waals surface area contributed by atoms with Gasteiger partial charge in [0.25, 0.3) is 17.4 Å². The van der Waals surface area contributed by atoms with Gasteiger partial charge in [0.2, 0.25) is 17.8 Å². The van der Waals surface area contributed by atoms with Gasteiger partial charge in [0.15, 0.2) is 18.2 Å². The number of hydrogen-bond acceptors (Lipinski definition) is 13. The fourth-order valence-corrected chi connectivity index (χ4v) is 11.3. The Morgan fingerprint density at radius 3 is 2.55 bits per heavy atom. The van der Waals surface area contributed by atoms with Gasteiger partial charge in [-0.2, -0.15) is 4.98 Å². The molecule has 4 aromatic rings. The second kappa shape index (κ2) is 18.4. The maximum atomic E-state index is 13.3. The zero-order valence-electron chi connectivity index (χ0n) is 38.4. The van der Waals surface area contributed by atoms with Gasteiger partial charge in [-0.3, -0.25) is 34.2 Å². The molecule has 18 heteroatoms. The Kier molecular flexibility index (Phi) is 12.3. The molecule has 2 unspecified atom stereocenters. The Morgan fingerprint density at radius 2 is 1.78 bits per heavy atom. The van der Waals surface area contributed by atoms with E-state index in [0.29, 0.717) is 41.4 Å². The molecular formula is C49H59ClN10O7. The molecule has 17 nitrogen and oxygen atoms in total. The van der Waals surface area contributed by atoms with E-state index in [1.807, 2.05) is 38.1 Å². The van der Waals surface area contributed by atoms with Gasteiger partial charge >= 0.3 is 0 Å². The Labute approximate surface area is 394 Å². The Morgan fingerprint density at radius 1 is 0.955 bits per heavy atom. The molecule has 1 spiro atoms. The smallest absolute Gasteiger partial charge is 0.293 e. The van der Waals surface area contributed by atoms with E-state index in [-0.39, 0.29) is 71.6 Å². The Bertz CT molecular complexity index is 2660. The summed E-state index contributed by atoms with van der Waals surface area (Å²) < 4.78 is 14.0. The quantitative estimate of drug-likeness (QED) is 0.159. The van der Waals surface area contributed by atoms with Crippen LogP contribution >= 0.6 is 11.6 Å². The number of pyridine rings is 1. The van der Waals surface area contributed by atoms with Gasteiger partial charge in [0, 0.05) is 92.6 Å². The lowest BCUT2D eigenvalue weighted by Crippen LogP contribution is -2.55. The minimum atomic E-state index is -0.606. The Hall–Kier alpha value is -5.78. The third kappa shape index (κ3) is 9.05. The van der Waals surface area contributed by atoms with Crippen LogP contribution in [0.2, 0.25) is 5.02 Å². The normalized spacial score (nSPS) is 24.6. The number of anilines is 4. The summed E-state index contributed by atoms with van der Waals surface area (Å²) in [4.78, 5) is 81.1. The summed E-state index contributed by atoms with van der Waals surface area (Å²) in [7, 11) is 1.52. The molecule has 1 aliphatic carbocycles. The predicted octanol–water partition coefficient (Wildman–Crippen LogP) is 5.16. The average molecular weight is 936 g/mol. The third-order valence-electron chi connectivity index (χ3n) is 14.8. The van der Waals surface area contributed by atoms with E-state index in [4.69, 9.17) is 26.1 Å². The number of nitrogens with one attached hydrogen (secondary N) is 3. The number of imide groups is 1. The van der Waals surface area contributed by atoms with Crippen molar-refractivity contribution in [2.75, 3.05) is 68.0 Å². The molecule has 2 atom stereocenters. The van der Waals surface area contributed by atoms with Crippen LogP contribution in [0.5, 0.6) is 5.75 Å². The topological polar surface area (TPSA) is 184 Å². The largest absolute Gasteiger partial charge is 0.478 e. The van der Waals surface area contributed by atoms with Gasteiger partial charge in [-0.1, -0.05) is 11.6 Å². The number of carbonyl (C=O) groups excluding carboxylic acids is 4. The maximum Gasteiger partial charge on any atom is 0.293 e. The van der Waals surface area contributed by atoms with Gasteiger partial charge in [0.05, 0.1) is 23.9 Å². The number of aromatic nitrogens is 3. The van der Waals surface area contributed by atoms with Crippen molar-refractivity contribution in [2.24, 2.45) is 5.41 Å². The number of benzene rings is 2. The fourth-order valence-electron chi connectivity index (χ4n) is 11.2. The van der Waals surface area contributed by atoms with Crippen molar-refractivity contribution in [1.29, 1.82) is 0 Å². The maximum absolute atomic E-state index is 13.3. The molecule has 7 heterocycles.